The summed E-state index contributed by atoms with van der Waals surface area (Å²) in [5, 5.41) is 0. The predicted molar refractivity (Wildman–Crippen MR) is 75.2 cm³/mol. The molecule has 0 radical (unpaired) electrons. The van der Waals surface area contributed by atoms with Gasteiger partial charge in [0.15, 0.2) is 5.78 Å². The number of hydrogen-bond acceptors (Lipinski definition) is 4. The second-order valence-electron chi connectivity index (χ2n) is 4.84. The highest BCUT2D eigenvalue weighted by atomic mass is 32.2. The first kappa shape index (κ1) is 15.2. The molecule has 2 rings (SSSR count). The van der Waals surface area contributed by atoms with E-state index in [0.717, 1.165) is 6.42 Å². The Hall–Kier alpha value is -1.24. The van der Waals surface area contributed by atoms with Crippen LogP contribution in [-0.4, -0.2) is 44.3 Å². The van der Waals surface area contributed by atoms with E-state index in [0.29, 0.717) is 25.3 Å². The molecule has 0 aliphatic carbocycles. The molecule has 0 bridgehead atoms. The molecular weight excluding hydrogens is 278 g/mol. The summed E-state index contributed by atoms with van der Waals surface area (Å²) in [5.74, 6) is -0.0774. The van der Waals surface area contributed by atoms with Crippen molar-refractivity contribution in [1.29, 1.82) is 0 Å². The maximum atomic E-state index is 12.5. The predicted octanol–water partition coefficient (Wildman–Crippen LogP) is 1.69. The molecule has 1 aromatic rings. The third-order valence-corrected chi connectivity index (χ3v) is 5.33. The van der Waals surface area contributed by atoms with E-state index >= 15 is 0 Å². The average Bonchev–Trinajstić information content (AvgIpc) is 2.47. The first-order valence-corrected chi connectivity index (χ1v) is 8.12. The molecule has 1 unspecified atom stereocenters. The van der Waals surface area contributed by atoms with Crippen LogP contribution in [-0.2, 0) is 14.8 Å². The molecule has 0 N–H and O–H groups in total. The van der Waals surface area contributed by atoms with Gasteiger partial charge in [-0.05, 0) is 25.5 Å². The van der Waals surface area contributed by atoms with E-state index in [-0.39, 0.29) is 16.8 Å². The van der Waals surface area contributed by atoms with Crippen LogP contribution in [0.3, 0.4) is 0 Å². The summed E-state index contributed by atoms with van der Waals surface area (Å²) in [4.78, 5) is 11.4. The minimum Gasteiger partial charge on any atom is -0.375 e. The van der Waals surface area contributed by atoms with E-state index in [2.05, 4.69) is 0 Å². The third-order valence-electron chi connectivity index (χ3n) is 3.46. The highest BCUT2D eigenvalue weighted by Gasteiger charge is 2.30. The lowest BCUT2D eigenvalue weighted by Crippen LogP contribution is -2.45. The van der Waals surface area contributed by atoms with Gasteiger partial charge in [0.25, 0.3) is 0 Å². The summed E-state index contributed by atoms with van der Waals surface area (Å²) < 4.78 is 32.0. The number of carbonyl (C=O) groups excluding carboxylic acids is 1. The van der Waals surface area contributed by atoms with Crippen LogP contribution in [0.2, 0.25) is 0 Å². The van der Waals surface area contributed by atoms with E-state index in [1.165, 1.54) is 23.4 Å². The van der Waals surface area contributed by atoms with E-state index < -0.39 is 10.0 Å². The monoisotopic (exact) mass is 297 g/mol. The standard InChI is InChI=1S/C14H19NO4S/c1-3-13-10-15(8-9-19-13)20(17,18)14-6-4-12(5-7-14)11(2)16/h4-7,13H,3,8-10H2,1-2H3. The van der Waals surface area contributed by atoms with Crippen molar-refractivity contribution >= 4 is 15.8 Å². The number of ketones is 1. The molecule has 0 saturated carbocycles. The molecule has 1 atom stereocenters. The lowest BCUT2D eigenvalue weighted by Gasteiger charge is -2.31. The van der Waals surface area contributed by atoms with Crippen LogP contribution in [0, 0.1) is 0 Å². The molecule has 1 heterocycles. The number of nitrogens with zero attached hydrogens (tertiary/aromatic N) is 1. The SMILES string of the molecule is CCC1CN(S(=O)(=O)c2ccc(C(C)=O)cc2)CCO1. The van der Waals surface area contributed by atoms with Crippen molar-refractivity contribution in [3.8, 4) is 0 Å². The van der Waals surface area contributed by atoms with Gasteiger partial charge in [0.05, 0.1) is 17.6 Å². The Labute approximate surface area is 119 Å². The van der Waals surface area contributed by atoms with Crippen LogP contribution in [0.5, 0.6) is 0 Å². The van der Waals surface area contributed by atoms with Gasteiger partial charge in [0, 0.05) is 18.7 Å². The molecule has 1 aliphatic heterocycles. The van der Waals surface area contributed by atoms with Gasteiger partial charge < -0.3 is 4.74 Å². The Balaban J connectivity index is 2.23. The van der Waals surface area contributed by atoms with Crippen LogP contribution in [0.15, 0.2) is 29.2 Å². The van der Waals surface area contributed by atoms with Crippen LogP contribution < -0.4 is 0 Å². The van der Waals surface area contributed by atoms with E-state index in [4.69, 9.17) is 4.74 Å². The molecule has 0 amide bonds. The largest absolute Gasteiger partial charge is 0.375 e. The van der Waals surface area contributed by atoms with Gasteiger partial charge in [-0.25, -0.2) is 8.42 Å². The number of morpholine rings is 1. The smallest absolute Gasteiger partial charge is 0.243 e. The molecule has 110 valence electrons. The van der Waals surface area contributed by atoms with Crippen LogP contribution in [0.1, 0.15) is 30.6 Å². The summed E-state index contributed by atoms with van der Waals surface area (Å²) in [6, 6.07) is 6.07. The van der Waals surface area contributed by atoms with E-state index in [1.54, 1.807) is 12.1 Å². The summed E-state index contributed by atoms with van der Waals surface area (Å²) in [5.41, 5.74) is 0.511. The zero-order chi connectivity index (χ0) is 14.8. The van der Waals surface area contributed by atoms with E-state index in [9.17, 15) is 13.2 Å². The number of hydrogen-bond donors (Lipinski definition) is 0. The van der Waals surface area contributed by atoms with Crippen molar-refractivity contribution in [2.75, 3.05) is 19.7 Å². The minimum absolute atomic E-state index is 0.0463. The maximum absolute atomic E-state index is 12.5. The fourth-order valence-corrected chi connectivity index (χ4v) is 3.62. The van der Waals surface area contributed by atoms with Crippen LogP contribution in [0.25, 0.3) is 0 Å². The van der Waals surface area contributed by atoms with Crippen LogP contribution in [0.4, 0.5) is 0 Å². The topological polar surface area (TPSA) is 63.7 Å². The number of sulfonamides is 1. The molecule has 1 aromatic carbocycles. The van der Waals surface area contributed by atoms with Gasteiger partial charge >= 0.3 is 0 Å². The summed E-state index contributed by atoms with van der Waals surface area (Å²) in [6.07, 6.45) is 0.741. The Bertz CT molecular complexity index is 580. The zero-order valence-electron chi connectivity index (χ0n) is 11.7. The fourth-order valence-electron chi connectivity index (χ4n) is 2.17. The van der Waals surface area contributed by atoms with Gasteiger partial charge in [-0.1, -0.05) is 19.1 Å². The van der Waals surface area contributed by atoms with Crippen molar-refractivity contribution in [2.45, 2.75) is 31.3 Å². The lowest BCUT2D eigenvalue weighted by atomic mass is 10.2. The molecule has 0 spiro atoms. The number of Topliss-reactive ketones (excluding diaryl/α,β-unsaturated/α-hetero) is 1. The molecule has 6 heteroatoms. The van der Waals surface area contributed by atoms with Gasteiger partial charge in [0.1, 0.15) is 0 Å². The zero-order valence-corrected chi connectivity index (χ0v) is 12.5. The number of carbonyl (C=O) groups is 1. The van der Waals surface area contributed by atoms with Gasteiger partial charge in [-0.3, -0.25) is 4.79 Å². The van der Waals surface area contributed by atoms with Gasteiger partial charge in [-0.2, -0.15) is 4.31 Å². The molecular formula is C14H19NO4S. The normalized spacial score (nSPS) is 20.8. The third kappa shape index (κ3) is 3.08. The highest BCUT2D eigenvalue weighted by molar-refractivity contribution is 7.89. The molecule has 1 saturated heterocycles. The second kappa shape index (κ2) is 6.03. The molecule has 1 fully saturated rings. The fraction of sp³-hybridized carbons (Fsp3) is 0.500. The summed E-state index contributed by atoms with van der Waals surface area (Å²) in [7, 11) is -3.51. The lowest BCUT2D eigenvalue weighted by molar-refractivity contribution is -0.00277. The second-order valence-corrected chi connectivity index (χ2v) is 6.78. The Morgan fingerprint density at radius 1 is 1.35 bits per heavy atom. The minimum atomic E-state index is -3.51. The van der Waals surface area contributed by atoms with Crippen molar-refractivity contribution in [3.05, 3.63) is 29.8 Å². The quantitative estimate of drug-likeness (QED) is 0.793. The first-order chi connectivity index (χ1) is 9.45. The molecule has 20 heavy (non-hydrogen) atoms. The molecule has 1 aliphatic rings. The average molecular weight is 297 g/mol. The Kier molecular flexibility index (Phi) is 4.57. The van der Waals surface area contributed by atoms with Crippen molar-refractivity contribution in [3.63, 3.8) is 0 Å². The summed E-state index contributed by atoms with van der Waals surface area (Å²) >= 11 is 0. The van der Waals surface area contributed by atoms with Crippen molar-refractivity contribution in [1.82, 2.24) is 4.31 Å². The number of benzene rings is 1. The number of ether oxygens (including phenoxy) is 1. The number of rotatable bonds is 4. The molecule has 5 nitrogen and oxygen atoms in total. The summed E-state index contributed by atoms with van der Waals surface area (Å²) in [6.45, 7) is 4.60. The van der Waals surface area contributed by atoms with Crippen molar-refractivity contribution in [2.24, 2.45) is 0 Å². The first-order valence-electron chi connectivity index (χ1n) is 6.68. The molecule has 0 aromatic heterocycles. The van der Waals surface area contributed by atoms with Crippen LogP contribution >= 0.6 is 0 Å². The maximum Gasteiger partial charge on any atom is 0.243 e. The van der Waals surface area contributed by atoms with Crippen molar-refractivity contribution < 1.29 is 17.9 Å². The highest BCUT2D eigenvalue weighted by Crippen LogP contribution is 2.20. The van der Waals surface area contributed by atoms with E-state index in [1.807, 2.05) is 6.92 Å². The van der Waals surface area contributed by atoms with Gasteiger partial charge in [0.2, 0.25) is 10.0 Å². The van der Waals surface area contributed by atoms with Gasteiger partial charge in [-0.15, -0.1) is 0 Å². The Morgan fingerprint density at radius 2 is 2.00 bits per heavy atom. The Morgan fingerprint density at radius 3 is 2.55 bits per heavy atom.